The predicted molar refractivity (Wildman–Crippen MR) is 78.6 cm³/mol. The predicted octanol–water partition coefficient (Wildman–Crippen LogP) is 1.74. The zero-order valence-electron chi connectivity index (χ0n) is 11.6. The van der Waals surface area contributed by atoms with E-state index in [9.17, 15) is 19.7 Å². The molecule has 1 N–H and O–H groups in total. The van der Waals surface area contributed by atoms with Crippen molar-refractivity contribution in [1.29, 1.82) is 0 Å². The van der Waals surface area contributed by atoms with Crippen LogP contribution in [0.15, 0.2) is 45.9 Å². The number of hydrazone groups is 1. The number of urea groups is 1. The Morgan fingerprint density at radius 3 is 2.83 bits per heavy atom. The number of hydrogen-bond donors (Lipinski definition) is 1. The minimum atomic E-state index is -0.600. The van der Waals surface area contributed by atoms with Crippen LogP contribution in [0.1, 0.15) is 5.76 Å². The highest BCUT2D eigenvalue weighted by atomic mass is 16.6. The molecule has 1 aromatic carbocycles. The highest BCUT2D eigenvalue weighted by Crippen LogP contribution is 2.25. The first-order chi connectivity index (χ1) is 11.0. The Kier molecular flexibility index (Phi) is 3.59. The summed E-state index contributed by atoms with van der Waals surface area (Å²) in [5, 5.41) is 17.7. The number of hydrogen-bond acceptors (Lipinski definition) is 6. The first kappa shape index (κ1) is 14.4. The van der Waals surface area contributed by atoms with Crippen LogP contribution in [-0.2, 0) is 4.79 Å². The second kappa shape index (κ2) is 5.72. The van der Waals surface area contributed by atoms with E-state index < -0.39 is 16.9 Å². The smallest absolute Gasteiger partial charge is 0.344 e. The number of imide groups is 1. The SMILES string of the molecule is O=C1CN(N=Cc2ccc(-c3cccc([N+](=O)[O-])c3)o2)C(=O)N1. The van der Waals surface area contributed by atoms with Crippen LogP contribution < -0.4 is 5.32 Å². The molecule has 0 saturated carbocycles. The van der Waals surface area contributed by atoms with Gasteiger partial charge in [0, 0.05) is 17.7 Å². The van der Waals surface area contributed by atoms with Crippen molar-refractivity contribution in [3.05, 3.63) is 52.3 Å². The van der Waals surface area contributed by atoms with E-state index in [1.54, 1.807) is 24.3 Å². The molecule has 1 aliphatic heterocycles. The number of carbonyl (C=O) groups excluding carboxylic acids is 2. The number of amides is 3. The maximum absolute atomic E-state index is 11.3. The molecule has 1 fully saturated rings. The average molecular weight is 314 g/mol. The second-order valence-electron chi connectivity index (χ2n) is 4.67. The summed E-state index contributed by atoms with van der Waals surface area (Å²) in [6.07, 6.45) is 1.29. The van der Waals surface area contributed by atoms with Gasteiger partial charge in [-0.2, -0.15) is 5.10 Å². The van der Waals surface area contributed by atoms with Crippen LogP contribution in [0.4, 0.5) is 10.5 Å². The highest BCUT2D eigenvalue weighted by molar-refractivity contribution is 6.02. The standard InChI is InChI=1S/C14H10N4O5/c19-13-8-17(14(20)16-13)15-7-11-4-5-12(23-11)9-2-1-3-10(6-9)18(21)22/h1-7H,8H2,(H,16,19,20). The molecular weight excluding hydrogens is 304 g/mol. The molecule has 9 heteroatoms. The average Bonchev–Trinajstić information content (AvgIpc) is 3.11. The van der Waals surface area contributed by atoms with E-state index in [1.807, 2.05) is 0 Å². The molecule has 0 radical (unpaired) electrons. The summed E-state index contributed by atoms with van der Waals surface area (Å²) >= 11 is 0. The summed E-state index contributed by atoms with van der Waals surface area (Å²) in [4.78, 5) is 32.6. The van der Waals surface area contributed by atoms with E-state index in [-0.39, 0.29) is 12.2 Å². The van der Waals surface area contributed by atoms with Crippen LogP contribution in [0.3, 0.4) is 0 Å². The number of nitro benzene ring substituents is 1. The quantitative estimate of drug-likeness (QED) is 0.399. The largest absolute Gasteiger partial charge is 0.455 e. The van der Waals surface area contributed by atoms with Crippen LogP contribution in [0.5, 0.6) is 0 Å². The molecule has 0 aliphatic carbocycles. The minimum absolute atomic E-state index is 0.0404. The van der Waals surface area contributed by atoms with Gasteiger partial charge in [-0.1, -0.05) is 12.1 Å². The number of nitrogens with one attached hydrogen (secondary N) is 1. The van der Waals surface area contributed by atoms with Gasteiger partial charge in [-0.3, -0.25) is 20.2 Å². The zero-order chi connectivity index (χ0) is 16.4. The van der Waals surface area contributed by atoms with Crippen molar-refractivity contribution in [1.82, 2.24) is 10.3 Å². The van der Waals surface area contributed by atoms with Crippen LogP contribution in [0.25, 0.3) is 11.3 Å². The lowest BCUT2D eigenvalue weighted by Crippen LogP contribution is -2.24. The van der Waals surface area contributed by atoms with Crippen molar-refractivity contribution < 1.29 is 18.9 Å². The van der Waals surface area contributed by atoms with E-state index in [4.69, 9.17) is 4.42 Å². The van der Waals surface area contributed by atoms with Gasteiger partial charge in [0.1, 0.15) is 18.1 Å². The van der Waals surface area contributed by atoms with E-state index in [1.165, 1.54) is 18.3 Å². The Hall–Kier alpha value is -3.49. The Morgan fingerprint density at radius 2 is 2.13 bits per heavy atom. The Bertz CT molecular complexity index is 826. The van der Waals surface area contributed by atoms with E-state index in [0.717, 1.165) is 5.01 Å². The zero-order valence-corrected chi connectivity index (χ0v) is 11.6. The van der Waals surface area contributed by atoms with E-state index in [0.29, 0.717) is 17.1 Å². The lowest BCUT2D eigenvalue weighted by atomic mass is 10.1. The third-order valence-corrected chi connectivity index (χ3v) is 3.07. The lowest BCUT2D eigenvalue weighted by molar-refractivity contribution is -0.384. The molecule has 1 aromatic heterocycles. The molecule has 9 nitrogen and oxygen atoms in total. The summed E-state index contributed by atoms with van der Waals surface area (Å²) < 4.78 is 5.51. The Balaban J connectivity index is 1.78. The molecule has 116 valence electrons. The van der Waals surface area contributed by atoms with E-state index in [2.05, 4.69) is 10.4 Å². The third-order valence-electron chi connectivity index (χ3n) is 3.07. The fourth-order valence-electron chi connectivity index (χ4n) is 2.00. The molecular formula is C14H10N4O5. The fraction of sp³-hybridized carbons (Fsp3) is 0.0714. The molecule has 3 rings (SSSR count). The highest BCUT2D eigenvalue weighted by Gasteiger charge is 2.26. The van der Waals surface area contributed by atoms with Crippen molar-refractivity contribution in [2.75, 3.05) is 6.54 Å². The van der Waals surface area contributed by atoms with Gasteiger partial charge in [-0.15, -0.1) is 0 Å². The summed E-state index contributed by atoms with van der Waals surface area (Å²) in [5.74, 6) is 0.347. The summed E-state index contributed by atoms with van der Waals surface area (Å²) in [6, 6.07) is 8.66. The van der Waals surface area contributed by atoms with Crippen molar-refractivity contribution in [2.45, 2.75) is 0 Å². The van der Waals surface area contributed by atoms with Gasteiger partial charge < -0.3 is 4.42 Å². The number of nitrogens with zero attached hydrogens (tertiary/aromatic N) is 3. The molecule has 2 heterocycles. The first-order valence-corrected chi connectivity index (χ1v) is 6.53. The van der Waals surface area contributed by atoms with Crippen LogP contribution >= 0.6 is 0 Å². The maximum Gasteiger partial charge on any atom is 0.344 e. The molecule has 1 saturated heterocycles. The van der Waals surface area contributed by atoms with Gasteiger partial charge in [0.05, 0.1) is 11.1 Å². The number of benzene rings is 1. The molecule has 3 amide bonds. The van der Waals surface area contributed by atoms with Crippen molar-refractivity contribution in [3.63, 3.8) is 0 Å². The van der Waals surface area contributed by atoms with Gasteiger partial charge in [0.25, 0.3) is 5.69 Å². The summed E-state index contributed by atoms with van der Waals surface area (Å²) in [7, 11) is 0. The third kappa shape index (κ3) is 3.07. The number of rotatable bonds is 4. The first-order valence-electron chi connectivity index (χ1n) is 6.53. The normalized spacial score (nSPS) is 14.5. The van der Waals surface area contributed by atoms with Crippen molar-refractivity contribution >= 4 is 23.8 Å². The van der Waals surface area contributed by atoms with Crippen LogP contribution in [-0.4, -0.2) is 34.6 Å². The van der Waals surface area contributed by atoms with E-state index >= 15 is 0 Å². The minimum Gasteiger partial charge on any atom is -0.455 e. The van der Waals surface area contributed by atoms with Crippen LogP contribution in [0, 0.1) is 10.1 Å². The lowest BCUT2D eigenvalue weighted by Gasteiger charge is -2.02. The van der Waals surface area contributed by atoms with Gasteiger partial charge in [0.2, 0.25) is 5.91 Å². The Morgan fingerprint density at radius 1 is 1.30 bits per heavy atom. The molecule has 0 spiro atoms. The number of carbonyl (C=O) groups is 2. The monoisotopic (exact) mass is 314 g/mol. The summed E-state index contributed by atoms with van der Waals surface area (Å²) in [6.45, 7) is -0.145. The molecule has 0 atom stereocenters. The molecule has 2 aromatic rings. The fourth-order valence-corrected chi connectivity index (χ4v) is 2.00. The maximum atomic E-state index is 11.3. The molecule has 23 heavy (non-hydrogen) atoms. The molecule has 1 aliphatic rings. The van der Waals surface area contributed by atoms with Gasteiger partial charge >= 0.3 is 6.03 Å². The number of nitro groups is 1. The molecule has 0 bridgehead atoms. The van der Waals surface area contributed by atoms with Gasteiger partial charge in [0.15, 0.2) is 0 Å². The Labute approximate surface area is 129 Å². The van der Waals surface area contributed by atoms with Gasteiger partial charge in [-0.25, -0.2) is 9.80 Å². The number of non-ortho nitro benzene ring substituents is 1. The van der Waals surface area contributed by atoms with Crippen molar-refractivity contribution in [2.24, 2.45) is 5.10 Å². The van der Waals surface area contributed by atoms with Crippen LogP contribution in [0.2, 0.25) is 0 Å². The summed E-state index contributed by atoms with van der Waals surface area (Å²) in [5.41, 5.74) is 0.509. The molecule has 0 unspecified atom stereocenters. The van der Waals surface area contributed by atoms with Gasteiger partial charge in [-0.05, 0) is 12.1 Å². The number of furan rings is 1. The van der Waals surface area contributed by atoms with Crippen molar-refractivity contribution in [3.8, 4) is 11.3 Å². The topological polar surface area (TPSA) is 118 Å². The second-order valence-corrected chi connectivity index (χ2v) is 4.67.